The third kappa shape index (κ3) is 2.51. The van der Waals surface area contributed by atoms with Crippen LogP contribution in [0.4, 0.5) is 0 Å². The number of aromatic amines is 1. The molecule has 3 nitrogen and oxygen atoms in total. The minimum absolute atomic E-state index is 0.0625. The number of hydrogen-bond donors (Lipinski definition) is 1. The predicted octanol–water partition coefficient (Wildman–Crippen LogP) is 5.18. The summed E-state index contributed by atoms with van der Waals surface area (Å²) in [4.78, 5) is 16.4. The molecule has 124 valence electrons. The molecule has 0 fully saturated rings. The van der Waals surface area contributed by atoms with E-state index in [0.29, 0.717) is 6.61 Å². The first-order valence-corrected chi connectivity index (χ1v) is 9.31. The number of halogens is 1. The molecule has 1 heterocycles. The topological polar surface area (TPSA) is 42.1 Å². The van der Waals surface area contributed by atoms with E-state index in [1.807, 2.05) is 6.92 Å². The van der Waals surface area contributed by atoms with E-state index in [1.54, 1.807) is 0 Å². The minimum Gasteiger partial charge on any atom is -0.465 e. The van der Waals surface area contributed by atoms with Gasteiger partial charge in [0.2, 0.25) is 0 Å². The molecule has 0 spiro atoms. The number of esters is 1. The standard InChI is InChI=1S/C19H24BrNO2/c1-4-6-10-19(18(22)23-5-2)11-9-13-15-14(20)8-7-12(3)16(15)21-17(13)19/h7-8,21H,4-6,9-11H2,1-3H3. The highest BCUT2D eigenvalue weighted by Gasteiger charge is 2.48. The third-order valence-corrected chi connectivity index (χ3v) is 5.78. The second-order valence-corrected chi connectivity index (χ2v) is 7.35. The van der Waals surface area contributed by atoms with Crippen LogP contribution in [-0.4, -0.2) is 17.6 Å². The van der Waals surface area contributed by atoms with Crippen molar-refractivity contribution >= 4 is 32.8 Å². The lowest BCUT2D eigenvalue weighted by atomic mass is 9.80. The summed E-state index contributed by atoms with van der Waals surface area (Å²) in [5.41, 5.74) is 4.25. The van der Waals surface area contributed by atoms with Gasteiger partial charge in [-0.25, -0.2) is 0 Å². The number of benzene rings is 1. The summed E-state index contributed by atoms with van der Waals surface area (Å²) < 4.78 is 6.57. The van der Waals surface area contributed by atoms with E-state index in [4.69, 9.17) is 4.74 Å². The Hall–Kier alpha value is -1.29. The number of hydrogen-bond acceptors (Lipinski definition) is 2. The molecule has 4 heteroatoms. The molecule has 0 saturated carbocycles. The molecule has 23 heavy (non-hydrogen) atoms. The van der Waals surface area contributed by atoms with Crippen LogP contribution < -0.4 is 0 Å². The molecule has 0 saturated heterocycles. The molecule has 0 radical (unpaired) electrons. The van der Waals surface area contributed by atoms with Crippen molar-refractivity contribution < 1.29 is 9.53 Å². The van der Waals surface area contributed by atoms with Crippen LogP contribution in [0, 0.1) is 6.92 Å². The number of fused-ring (bicyclic) bond motifs is 3. The van der Waals surface area contributed by atoms with Gasteiger partial charge in [-0.1, -0.05) is 41.8 Å². The van der Waals surface area contributed by atoms with Crippen molar-refractivity contribution in [1.82, 2.24) is 4.98 Å². The molecule has 3 rings (SSSR count). The van der Waals surface area contributed by atoms with E-state index in [0.717, 1.165) is 47.8 Å². The van der Waals surface area contributed by atoms with Gasteiger partial charge in [0.05, 0.1) is 6.61 Å². The van der Waals surface area contributed by atoms with Crippen molar-refractivity contribution in [3.63, 3.8) is 0 Å². The molecule has 1 aromatic heterocycles. The highest BCUT2D eigenvalue weighted by Crippen LogP contribution is 2.47. The Morgan fingerprint density at radius 3 is 2.87 bits per heavy atom. The number of H-pyrrole nitrogens is 1. The van der Waals surface area contributed by atoms with Gasteiger partial charge >= 0.3 is 5.97 Å². The van der Waals surface area contributed by atoms with Gasteiger partial charge in [0.15, 0.2) is 0 Å². The van der Waals surface area contributed by atoms with Gasteiger partial charge in [-0.05, 0) is 50.3 Å². The minimum atomic E-state index is -0.494. The van der Waals surface area contributed by atoms with Crippen LogP contribution in [0.25, 0.3) is 10.9 Å². The highest BCUT2D eigenvalue weighted by molar-refractivity contribution is 9.10. The Labute approximate surface area is 145 Å². The number of carbonyl (C=O) groups excluding carboxylic acids is 1. The lowest BCUT2D eigenvalue weighted by molar-refractivity contribution is -0.150. The largest absolute Gasteiger partial charge is 0.465 e. The molecule has 1 aliphatic rings. The summed E-state index contributed by atoms with van der Waals surface area (Å²) in [5, 5.41) is 1.24. The maximum absolute atomic E-state index is 12.8. The summed E-state index contributed by atoms with van der Waals surface area (Å²) in [6, 6.07) is 4.21. The van der Waals surface area contributed by atoms with E-state index in [2.05, 4.69) is 46.9 Å². The monoisotopic (exact) mass is 377 g/mol. The molecule has 1 aliphatic carbocycles. The Bertz CT molecular complexity index is 749. The summed E-state index contributed by atoms with van der Waals surface area (Å²) in [6.07, 6.45) is 4.76. The number of rotatable bonds is 5. The average molecular weight is 378 g/mol. The first-order valence-electron chi connectivity index (χ1n) is 8.52. The fraction of sp³-hybridized carbons (Fsp3) is 0.526. The quantitative estimate of drug-likeness (QED) is 0.729. The Balaban J connectivity index is 2.19. The predicted molar refractivity (Wildman–Crippen MR) is 96.9 cm³/mol. The molecule has 1 atom stereocenters. The van der Waals surface area contributed by atoms with E-state index >= 15 is 0 Å². The van der Waals surface area contributed by atoms with Crippen LogP contribution in [0.5, 0.6) is 0 Å². The van der Waals surface area contributed by atoms with Crippen molar-refractivity contribution in [1.29, 1.82) is 0 Å². The summed E-state index contributed by atoms with van der Waals surface area (Å²) >= 11 is 3.69. The number of unbranched alkanes of at least 4 members (excludes halogenated alkanes) is 1. The van der Waals surface area contributed by atoms with Gasteiger partial charge in [-0.2, -0.15) is 0 Å². The van der Waals surface area contributed by atoms with Gasteiger partial charge in [0.25, 0.3) is 0 Å². The lowest BCUT2D eigenvalue weighted by Gasteiger charge is -2.27. The number of ether oxygens (including phenoxy) is 1. The van der Waals surface area contributed by atoms with Crippen LogP contribution in [0.15, 0.2) is 16.6 Å². The van der Waals surface area contributed by atoms with Gasteiger partial charge in [-0.3, -0.25) is 4.79 Å². The van der Waals surface area contributed by atoms with Crippen molar-refractivity contribution in [2.45, 2.75) is 58.3 Å². The van der Waals surface area contributed by atoms with Crippen LogP contribution in [0.2, 0.25) is 0 Å². The third-order valence-electron chi connectivity index (χ3n) is 5.12. The number of nitrogens with one attached hydrogen (secondary N) is 1. The lowest BCUT2D eigenvalue weighted by Crippen LogP contribution is -2.36. The maximum Gasteiger partial charge on any atom is 0.318 e. The highest BCUT2D eigenvalue weighted by atomic mass is 79.9. The van der Waals surface area contributed by atoms with Crippen molar-refractivity contribution in [2.24, 2.45) is 0 Å². The maximum atomic E-state index is 12.8. The smallest absolute Gasteiger partial charge is 0.318 e. The summed E-state index contributed by atoms with van der Waals surface area (Å²) in [6.45, 7) is 6.59. The Morgan fingerprint density at radius 1 is 1.39 bits per heavy atom. The number of aryl methyl sites for hydroxylation is 2. The van der Waals surface area contributed by atoms with Crippen LogP contribution in [0.1, 0.15) is 56.4 Å². The van der Waals surface area contributed by atoms with Gasteiger partial charge in [-0.15, -0.1) is 0 Å². The first-order chi connectivity index (χ1) is 11.0. The SMILES string of the molecule is CCCCC1(C(=O)OCC)CCc2c1[nH]c1c(C)ccc(Br)c21. The Morgan fingerprint density at radius 2 is 2.17 bits per heavy atom. The molecule has 2 aromatic rings. The number of carbonyl (C=O) groups is 1. The van der Waals surface area contributed by atoms with E-state index in [-0.39, 0.29) is 5.97 Å². The fourth-order valence-electron chi connectivity index (χ4n) is 3.89. The van der Waals surface area contributed by atoms with Crippen molar-refractivity contribution in [3.05, 3.63) is 33.4 Å². The molecule has 1 unspecified atom stereocenters. The molecular formula is C19H24BrNO2. The van der Waals surface area contributed by atoms with Crippen molar-refractivity contribution in [3.8, 4) is 0 Å². The first kappa shape index (κ1) is 16.6. The zero-order chi connectivity index (χ0) is 16.6. The van der Waals surface area contributed by atoms with Crippen LogP contribution in [-0.2, 0) is 21.4 Å². The summed E-state index contributed by atoms with van der Waals surface area (Å²) in [5.74, 6) is -0.0625. The molecule has 0 bridgehead atoms. The molecule has 0 amide bonds. The fourth-order valence-corrected chi connectivity index (χ4v) is 4.46. The van der Waals surface area contributed by atoms with E-state index in [1.165, 1.54) is 16.5 Å². The zero-order valence-electron chi connectivity index (χ0n) is 14.1. The van der Waals surface area contributed by atoms with E-state index in [9.17, 15) is 4.79 Å². The molecular weight excluding hydrogens is 354 g/mol. The molecule has 1 aromatic carbocycles. The van der Waals surface area contributed by atoms with Crippen LogP contribution >= 0.6 is 15.9 Å². The number of aromatic nitrogens is 1. The summed E-state index contributed by atoms with van der Waals surface area (Å²) in [7, 11) is 0. The molecule has 0 aliphatic heterocycles. The normalized spacial score (nSPS) is 20.0. The zero-order valence-corrected chi connectivity index (χ0v) is 15.7. The second kappa shape index (κ2) is 6.31. The second-order valence-electron chi connectivity index (χ2n) is 6.50. The van der Waals surface area contributed by atoms with Gasteiger partial charge in [0, 0.05) is 21.1 Å². The van der Waals surface area contributed by atoms with Gasteiger partial charge in [0.1, 0.15) is 5.41 Å². The average Bonchev–Trinajstić information content (AvgIpc) is 3.08. The van der Waals surface area contributed by atoms with Crippen molar-refractivity contribution in [2.75, 3.05) is 6.61 Å². The van der Waals surface area contributed by atoms with E-state index < -0.39 is 5.41 Å². The van der Waals surface area contributed by atoms with Gasteiger partial charge < -0.3 is 9.72 Å². The Kier molecular flexibility index (Phi) is 4.54. The van der Waals surface area contributed by atoms with Crippen LogP contribution in [0.3, 0.4) is 0 Å². The molecule has 1 N–H and O–H groups in total.